The monoisotopic (exact) mass is 397 g/mol. The minimum atomic E-state index is -0.274. The molecule has 0 aliphatic rings. The largest absolute Gasteiger partial charge is 0.434 e. The molecule has 7 heteroatoms. The lowest BCUT2D eigenvalue weighted by Crippen LogP contribution is -2.12. The molecule has 0 saturated carbocycles. The van der Waals surface area contributed by atoms with Crippen LogP contribution in [0.2, 0.25) is 10.0 Å². The van der Waals surface area contributed by atoms with Crippen molar-refractivity contribution in [3.8, 4) is 11.5 Å². The third kappa shape index (κ3) is 3.52. The van der Waals surface area contributed by atoms with E-state index >= 15 is 0 Å². The van der Waals surface area contributed by atoms with Gasteiger partial charge in [-0.25, -0.2) is 4.98 Å². The van der Waals surface area contributed by atoms with Crippen molar-refractivity contribution < 1.29 is 9.21 Å². The highest BCUT2D eigenvalue weighted by molar-refractivity contribution is 6.33. The number of nitrogens with one attached hydrogen (secondary N) is 1. The summed E-state index contributed by atoms with van der Waals surface area (Å²) in [6.45, 7) is 1.88. The molecule has 2 heterocycles. The predicted octanol–water partition coefficient (Wildman–Crippen LogP) is 5.76. The van der Waals surface area contributed by atoms with Crippen molar-refractivity contribution in [2.75, 3.05) is 5.32 Å². The van der Waals surface area contributed by atoms with Gasteiger partial charge in [0.25, 0.3) is 5.91 Å². The van der Waals surface area contributed by atoms with Gasteiger partial charge < -0.3 is 9.73 Å². The molecule has 0 saturated heterocycles. The molecule has 1 N–H and O–H groups in total. The quantitative estimate of drug-likeness (QED) is 0.477. The van der Waals surface area contributed by atoms with Crippen molar-refractivity contribution in [1.29, 1.82) is 0 Å². The lowest BCUT2D eigenvalue weighted by Gasteiger charge is -2.08. The van der Waals surface area contributed by atoms with Crippen LogP contribution in [0.1, 0.15) is 15.9 Å². The minimum Gasteiger partial charge on any atom is -0.434 e. The van der Waals surface area contributed by atoms with Gasteiger partial charge in [0.2, 0.25) is 5.89 Å². The number of rotatable bonds is 3. The second-order valence-corrected chi connectivity index (χ2v) is 6.77. The molecule has 0 fully saturated rings. The van der Waals surface area contributed by atoms with Gasteiger partial charge in [-0.1, -0.05) is 29.3 Å². The van der Waals surface area contributed by atoms with E-state index in [-0.39, 0.29) is 5.91 Å². The lowest BCUT2D eigenvalue weighted by molar-refractivity contribution is 0.102. The van der Waals surface area contributed by atoms with Crippen molar-refractivity contribution >= 4 is 46.0 Å². The molecular weight excluding hydrogens is 385 g/mol. The van der Waals surface area contributed by atoms with E-state index in [9.17, 15) is 4.79 Å². The first kappa shape index (κ1) is 17.5. The Labute approximate surface area is 165 Å². The van der Waals surface area contributed by atoms with E-state index in [0.717, 1.165) is 5.56 Å². The molecule has 0 aliphatic heterocycles. The third-order valence-corrected chi connectivity index (χ3v) is 4.79. The number of carbonyl (C=O) groups excluding carboxylic acids is 1. The lowest BCUT2D eigenvalue weighted by atomic mass is 10.1. The van der Waals surface area contributed by atoms with E-state index in [1.165, 1.54) is 0 Å². The number of hydrogen-bond donors (Lipinski definition) is 1. The Morgan fingerprint density at radius 3 is 2.70 bits per heavy atom. The molecule has 0 atom stereocenters. The number of fused-ring (bicyclic) bond motifs is 1. The molecule has 0 unspecified atom stereocenters. The van der Waals surface area contributed by atoms with Crippen molar-refractivity contribution in [3.63, 3.8) is 0 Å². The van der Waals surface area contributed by atoms with E-state index in [2.05, 4.69) is 15.3 Å². The molecule has 4 rings (SSSR count). The van der Waals surface area contributed by atoms with Crippen molar-refractivity contribution in [1.82, 2.24) is 9.97 Å². The highest BCUT2D eigenvalue weighted by atomic mass is 35.5. The molecule has 0 bridgehead atoms. The normalized spacial score (nSPS) is 10.9. The van der Waals surface area contributed by atoms with Gasteiger partial charge >= 0.3 is 0 Å². The van der Waals surface area contributed by atoms with Gasteiger partial charge in [0.15, 0.2) is 11.2 Å². The Balaban J connectivity index is 1.65. The van der Waals surface area contributed by atoms with Gasteiger partial charge in [0.1, 0.15) is 0 Å². The van der Waals surface area contributed by atoms with Crippen molar-refractivity contribution in [2.24, 2.45) is 0 Å². The van der Waals surface area contributed by atoms with Gasteiger partial charge in [-0.05, 0) is 55.0 Å². The first-order valence-electron chi connectivity index (χ1n) is 8.10. The van der Waals surface area contributed by atoms with Crippen LogP contribution in [0.3, 0.4) is 0 Å². The van der Waals surface area contributed by atoms with Crippen LogP contribution in [-0.4, -0.2) is 15.9 Å². The number of benzene rings is 2. The van der Waals surface area contributed by atoms with Crippen LogP contribution in [-0.2, 0) is 0 Å². The third-order valence-electron chi connectivity index (χ3n) is 4.05. The predicted molar refractivity (Wildman–Crippen MR) is 106 cm³/mol. The van der Waals surface area contributed by atoms with Crippen LogP contribution in [0.25, 0.3) is 22.7 Å². The maximum absolute atomic E-state index is 12.5. The smallest absolute Gasteiger partial charge is 0.255 e. The molecule has 134 valence electrons. The van der Waals surface area contributed by atoms with E-state index in [1.54, 1.807) is 54.7 Å². The Morgan fingerprint density at radius 1 is 1.07 bits per heavy atom. The summed E-state index contributed by atoms with van der Waals surface area (Å²) in [5, 5.41) is 3.83. The second-order valence-electron chi connectivity index (χ2n) is 5.96. The van der Waals surface area contributed by atoms with Crippen molar-refractivity contribution in [3.05, 3.63) is 75.9 Å². The summed E-state index contributed by atoms with van der Waals surface area (Å²) in [7, 11) is 0. The van der Waals surface area contributed by atoms with Crippen LogP contribution in [0.4, 0.5) is 5.69 Å². The molecule has 0 radical (unpaired) electrons. The van der Waals surface area contributed by atoms with Crippen LogP contribution in [0.5, 0.6) is 0 Å². The van der Waals surface area contributed by atoms with Gasteiger partial charge in [0.05, 0.1) is 10.6 Å². The number of halogens is 2. The molecule has 1 amide bonds. The van der Waals surface area contributed by atoms with Crippen LogP contribution in [0.15, 0.2) is 59.1 Å². The van der Waals surface area contributed by atoms with Gasteiger partial charge in [-0.15, -0.1) is 0 Å². The van der Waals surface area contributed by atoms with Crippen LogP contribution < -0.4 is 5.32 Å². The Morgan fingerprint density at radius 2 is 1.93 bits per heavy atom. The molecule has 2 aromatic carbocycles. The summed E-state index contributed by atoms with van der Waals surface area (Å²) >= 11 is 12.4. The molecule has 0 spiro atoms. The number of aryl methyl sites for hydroxylation is 1. The number of aromatic nitrogens is 2. The SMILES string of the molecule is Cc1ccc(C(=O)Nc2ccc(Cl)c(-c3nc4ncccc4o3)c2)cc1Cl. The first-order chi connectivity index (χ1) is 13.0. The number of anilines is 1. The molecule has 27 heavy (non-hydrogen) atoms. The maximum atomic E-state index is 12.5. The van der Waals surface area contributed by atoms with Gasteiger partial charge in [0, 0.05) is 22.5 Å². The van der Waals surface area contributed by atoms with Crippen LogP contribution in [0, 0.1) is 6.92 Å². The highest BCUT2D eigenvalue weighted by Crippen LogP contribution is 2.32. The number of amides is 1. The van der Waals surface area contributed by atoms with E-state index in [0.29, 0.717) is 44.0 Å². The molecule has 5 nitrogen and oxygen atoms in total. The zero-order valence-electron chi connectivity index (χ0n) is 14.2. The Bertz CT molecular complexity index is 1140. The second kappa shape index (κ2) is 7.02. The number of oxazole rings is 1. The number of carbonyl (C=O) groups is 1. The summed E-state index contributed by atoms with van der Waals surface area (Å²) in [6.07, 6.45) is 1.64. The summed E-state index contributed by atoms with van der Waals surface area (Å²) in [5.74, 6) is 0.0626. The molecule has 4 aromatic rings. The zero-order valence-corrected chi connectivity index (χ0v) is 15.7. The fourth-order valence-corrected chi connectivity index (χ4v) is 2.97. The maximum Gasteiger partial charge on any atom is 0.255 e. The number of nitrogens with zero attached hydrogens (tertiary/aromatic N) is 2. The molecule has 0 aliphatic carbocycles. The highest BCUT2D eigenvalue weighted by Gasteiger charge is 2.14. The summed E-state index contributed by atoms with van der Waals surface area (Å²) in [5.41, 5.74) is 3.56. The van der Waals surface area contributed by atoms with Gasteiger partial charge in [-0.3, -0.25) is 4.79 Å². The van der Waals surface area contributed by atoms with Gasteiger partial charge in [-0.2, -0.15) is 4.98 Å². The molecule has 2 aromatic heterocycles. The van der Waals surface area contributed by atoms with E-state index < -0.39 is 0 Å². The first-order valence-corrected chi connectivity index (χ1v) is 8.86. The topological polar surface area (TPSA) is 68.0 Å². The summed E-state index contributed by atoms with van der Waals surface area (Å²) in [4.78, 5) is 21.0. The average Bonchev–Trinajstić information content (AvgIpc) is 3.09. The fraction of sp³-hybridized carbons (Fsp3) is 0.0500. The van der Waals surface area contributed by atoms with E-state index in [1.807, 2.05) is 6.92 Å². The number of pyridine rings is 1. The number of hydrogen-bond acceptors (Lipinski definition) is 4. The molecular formula is C20H13Cl2N3O2. The fourth-order valence-electron chi connectivity index (χ4n) is 2.59. The summed E-state index contributed by atoms with van der Waals surface area (Å²) in [6, 6.07) is 13.8. The van der Waals surface area contributed by atoms with E-state index in [4.69, 9.17) is 27.6 Å². The Hall–Kier alpha value is -2.89. The van der Waals surface area contributed by atoms with Crippen molar-refractivity contribution in [2.45, 2.75) is 6.92 Å². The Kier molecular flexibility index (Phi) is 4.56. The minimum absolute atomic E-state index is 0.274. The standard InChI is InChI=1S/C20H13Cl2N3O2/c1-11-4-5-12(9-16(11)22)19(26)24-13-6-7-15(21)14(10-13)20-25-18-17(27-20)3-2-8-23-18/h2-10H,1H3,(H,24,26). The summed E-state index contributed by atoms with van der Waals surface area (Å²) < 4.78 is 5.72. The average molecular weight is 398 g/mol. The zero-order chi connectivity index (χ0) is 19.0. The van der Waals surface area contributed by atoms with Crippen LogP contribution >= 0.6 is 23.2 Å².